The first-order chi connectivity index (χ1) is 7.38. The molecule has 0 bridgehead atoms. The molecule has 0 saturated heterocycles. The highest BCUT2D eigenvalue weighted by molar-refractivity contribution is 6.20. The van der Waals surface area contributed by atoms with Gasteiger partial charge in [0.05, 0.1) is 18.4 Å². The molecule has 0 saturated carbocycles. The Morgan fingerprint density at radius 3 is 2.69 bits per heavy atom. The van der Waals surface area contributed by atoms with Gasteiger partial charge in [0.25, 0.3) is 0 Å². The fraction of sp³-hybridized carbons (Fsp3) is 0.750. The molecule has 16 heavy (non-hydrogen) atoms. The van der Waals surface area contributed by atoms with Gasteiger partial charge in [0, 0.05) is 0 Å². The zero-order valence-electron chi connectivity index (χ0n) is 8.42. The largest absolute Gasteiger partial charge is 0.411 e. The summed E-state index contributed by atoms with van der Waals surface area (Å²) in [6, 6.07) is 0. The smallest absolute Gasteiger partial charge is 0.372 e. The molecule has 1 aromatic rings. The van der Waals surface area contributed by atoms with Gasteiger partial charge in [0.2, 0.25) is 5.89 Å². The molecule has 92 valence electrons. The quantitative estimate of drug-likeness (QED) is 0.601. The zero-order chi connectivity index (χ0) is 12.2. The topological polar surface area (TPSA) is 48.2 Å². The Bertz CT molecular complexity index is 327. The number of hydrogen-bond donors (Lipinski definition) is 0. The molecule has 4 nitrogen and oxygen atoms in total. The standard InChI is InChI=1S/C8H10ClF3N2O2/c1-5(9)7-13-6(16-14-7)2-3-15-4-8(10,11)12/h5H,2-4H2,1H3. The van der Waals surface area contributed by atoms with Crippen molar-refractivity contribution in [3.8, 4) is 0 Å². The number of rotatable bonds is 5. The maximum absolute atomic E-state index is 11.7. The van der Waals surface area contributed by atoms with E-state index in [0.29, 0.717) is 5.82 Å². The summed E-state index contributed by atoms with van der Waals surface area (Å²) in [4.78, 5) is 3.87. The van der Waals surface area contributed by atoms with Gasteiger partial charge in [-0.3, -0.25) is 0 Å². The normalized spacial score (nSPS) is 14.1. The summed E-state index contributed by atoms with van der Waals surface area (Å²) < 4.78 is 44.2. The van der Waals surface area contributed by atoms with Crippen molar-refractivity contribution in [1.82, 2.24) is 10.1 Å². The molecule has 0 aliphatic heterocycles. The molecule has 1 unspecified atom stereocenters. The number of nitrogens with zero attached hydrogens (tertiary/aromatic N) is 2. The second-order valence-electron chi connectivity index (χ2n) is 3.08. The molecule has 0 aromatic carbocycles. The van der Waals surface area contributed by atoms with Crippen molar-refractivity contribution in [2.24, 2.45) is 0 Å². The lowest BCUT2D eigenvalue weighted by Gasteiger charge is -2.05. The molecule has 0 aliphatic rings. The molecule has 0 N–H and O–H groups in total. The van der Waals surface area contributed by atoms with Crippen LogP contribution in [0.5, 0.6) is 0 Å². The van der Waals surface area contributed by atoms with Crippen molar-refractivity contribution in [1.29, 1.82) is 0 Å². The van der Waals surface area contributed by atoms with Crippen molar-refractivity contribution in [2.75, 3.05) is 13.2 Å². The summed E-state index contributed by atoms with van der Waals surface area (Å²) in [5, 5.41) is 3.15. The van der Waals surface area contributed by atoms with Crippen LogP contribution in [0.2, 0.25) is 0 Å². The van der Waals surface area contributed by atoms with Crippen LogP contribution in [0.1, 0.15) is 24.0 Å². The van der Waals surface area contributed by atoms with Crippen molar-refractivity contribution in [3.63, 3.8) is 0 Å². The third kappa shape index (κ3) is 4.80. The zero-order valence-corrected chi connectivity index (χ0v) is 9.18. The Morgan fingerprint density at radius 2 is 2.19 bits per heavy atom. The van der Waals surface area contributed by atoms with E-state index < -0.39 is 18.2 Å². The van der Waals surface area contributed by atoms with E-state index in [1.54, 1.807) is 6.92 Å². The van der Waals surface area contributed by atoms with Gasteiger partial charge in [-0.15, -0.1) is 11.6 Å². The summed E-state index contributed by atoms with van der Waals surface area (Å²) in [6.45, 7) is 0.258. The summed E-state index contributed by atoms with van der Waals surface area (Å²) in [5.41, 5.74) is 0. The summed E-state index contributed by atoms with van der Waals surface area (Å²) in [5.74, 6) is 0.525. The van der Waals surface area contributed by atoms with Crippen molar-refractivity contribution in [3.05, 3.63) is 11.7 Å². The van der Waals surface area contributed by atoms with Crippen LogP contribution in [0, 0.1) is 0 Å². The lowest BCUT2D eigenvalue weighted by atomic mass is 10.4. The average molecular weight is 259 g/mol. The summed E-state index contributed by atoms with van der Waals surface area (Å²) in [7, 11) is 0. The van der Waals surface area contributed by atoms with Crippen LogP contribution in [0.25, 0.3) is 0 Å². The monoisotopic (exact) mass is 258 g/mol. The number of aromatic nitrogens is 2. The van der Waals surface area contributed by atoms with E-state index in [2.05, 4.69) is 14.9 Å². The van der Waals surface area contributed by atoms with Gasteiger partial charge in [-0.05, 0) is 6.92 Å². The van der Waals surface area contributed by atoms with Gasteiger partial charge >= 0.3 is 6.18 Å². The molecule has 0 amide bonds. The van der Waals surface area contributed by atoms with E-state index >= 15 is 0 Å². The first-order valence-corrected chi connectivity index (χ1v) is 4.93. The Hall–Kier alpha value is -0.820. The third-order valence-electron chi connectivity index (χ3n) is 1.57. The van der Waals surface area contributed by atoms with Gasteiger partial charge in [-0.1, -0.05) is 5.16 Å². The molecular formula is C8H10ClF3N2O2. The van der Waals surface area contributed by atoms with E-state index in [4.69, 9.17) is 16.1 Å². The first-order valence-electron chi connectivity index (χ1n) is 4.49. The second-order valence-corrected chi connectivity index (χ2v) is 3.73. The van der Waals surface area contributed by atoms with Crippen LogP contribution >= 0.6 is 11.6 Å². The van der Waals surface area contributed by atoms with Crippen molar-refractivity contribution >= 4 is 11.6 Å². The summed E-state index contributed by atoms with van der Waals surface area (Å²) in [6.07, 6.45) is -4.18. The summed E-state index contributed by atoms with van der Waals surface area (Å²) >= 11 is 5.67. The number of ether oxygens (including phenoxy) is 1. The van der Waals surface area contributed by atoms with E-state index in [-0.39, 0.29) is 18.9 Å². The molecule has 1 heterocycles. The van der Waals surface area contributed by atoms with Gasteiger partial charge < -0.3 is 9.26 Å². The van der Waals surface area contributed by atoms with Crippen LogP contribution in [-0.2, 0) is 11.2 Å². The molecule has 0 fully saturated rings. The molecule has 0 spiro atoms. The number of hydrogen-bond acceptors (Lipinski definition) is 4. The van der Waals surface area contributed by atoms with E-state index in [9.17, 15) is 13.2 Å². The van der Waals surface area contributed by atoms with Crippen LogP contribution < -0.4 is 0 Å². The maximum atomic E-state index is 11.7. The third-order valence-corrected chi connectivity index (χ3v) is 1.76. The Balaban J connectivity index is 2.27. The predicted octanol–water partition coefficient (Wildman–Crippen LogP) is 2.49. The second kappa shape index (κ2) is 5.49. The molecule has 1 aromatic heterocycles. The molecule has 8 heteroatoms. The molecule has 1 atom stereocenters. The minimum atomic E-state index is -4.31. The average Bonchev–Trinajstić information content (AvgIpc) is 2.59. The minimum absolute atomic E-state index is 0.127. The molecule has 0 radical (unpaired) electrons. The van der Waals surface area contributed by atoms with Gasteiger partial charge in [0.15, 0.2) is 5.82 Å². The lowest BCUT2D eigenvalue weighted by Crippen LogP contribution is -2.18. The molecule has 0 aliphatic carbocycles. The minimum Gasteiger partial charge on any atom is -0.372 e. The van der Waals surface area contributed by atoms with Crippen LogP contribution in [0.3, 0.4) is 0 Å². The highest BCUT2D eigenvalue weighted by atomic mass is 35.5. The number of alkyl halides is 4. The van der Waals surface area contributed by atoms with Gasteiger partial charge in [0.1, 0.15) is 6.61 Å². The SMILES string of the molecule is CC(Cl)c1noc(CCOCC(F)(F)F)n1. The van der Waals surface area contributed by atoms with Crippen molar-refractivity contribution < 1.29 is 22.4 Å². The van der Waals surface area contributed by atoms with Crippen molar-refractivity contribution in [2.45, 2.75) is 24.9 Å². The Kier molecular flexibility index (Phi) is 4.55. The Morgan fingerprint density at radius 1 is 1.50 bits per heavy atom. The molecule has 1 rings (SSSR count). The predicted molar refractivity (Wildman–Crippen MR) is 49.1 cm³/mol. The van der Waals surface area contributed by atoms with E-state index in [0.717, 1.165) is 0 Å². The first kappa shape index (κ1) is 13.2. The maximum Gasteiger partial charge on any atom is 0.411 e. The van der Waals surface area contributed by atoms with Gasteiger partial charge in [-0.25, -0.2) is 0 Å². The lowest BCUT2D eigenvalue weighted by molar-refractivity contribution is -0.173. The highest BCUT2D eigenvalue weighted by Crippen LogP contribution is 2.16. The molecular weight excluding hydrogens is 249 g/mol. The van der Waals surface area contributed by atoms with Crippen LogP contribution in [-0.4, -0.2) is 29.5 Å². The Labute approximate surface area is 94.7 Å². The number of halogens is 4. The van der Waals surface area contributed by atoms with Crippen LogP contribution in [0.4, 0.5) is 13.2 Å². The fourth-order valence-corrected chi connectivity index (χ4v) is 0.967. The van der Waals surface area contributed by atoms with E-state index in [1.165, 1.54) is 0 Å². The fourth-order valence-electron chi connectivity index (χ4n) is 0.879. The van der Waals surface area contributed by atoms with Gasteiger partial charge in [-0.2, -0.15) is 18.2 Å². The van der Waals surface area contributed by atoms with E-state index in [1.807, 2.05) is 0 Å². The van der Waals surface area contributed by atoms with Crippen LogP contribution in [0.15, 0.2) is 4.52 Å². The highest BCUT2D eigenvalue weighted by Gasteiger charge is 2.27.